The molecule has 1 atom stereocenters. The van der Waals surface area contributed by atoms with Crippen LogP contribution < -0.4 is 16.0 Å². The molecule has 0 bridgehead atoms. The molecular formula is C22H21ClN4O3S. The van der Waals surface area contributed by atoms with Crippen molar-refractivity contribution in [1.29, 1.82) is 0 Å². The fourth-order valence-corrected chi connectivity index (χ4v) is 3.97. The molecular weight excluding hydrogens is 436 g/mol. The van der Waals surface area contributed by atoms with E-state index in [0.717, 1.165) is 22.2 Å². The van der Waals surface area contributed by atoms with Crippen molar-refractivity contribution in [2.45, 2.75) is 32.4 Å². The lowest BCUT2D eigenvalue weighted by Gasteiger charge is -2.22. The van der Waals surface area contributed by atoms with Gasteiger partial charge in [0.15, 0.2) is 11.0 Å². The number of carbonyl (C=O) groups is 2. The lowest BCUT2D eigenvalue weighted by molar-refractivity contribution is -0.135. The quantitative estimate of drug-likeness (QED) is 0.352. The summed E-state index contributed by atoms with van der Waals surface area (Å²) in [7, 11) is 0. The van der Waals surface area contributed by atoms with Crippen LogP contribution in [-0.4, -0.2) is 26.6 Å². The van der Waals surface area contributed by atoms with E-state index in [1.165, 1.54) is 4.57 Å². The van der Waals surface area contributed by atoms with Crippen LogP contribution in [0.4, 0.5) is 5.69 Å². The second-order valence-corrected chi connectivity index (χ2v) is 8.34. The maximum absolute atomic E-state index is 12.2. The van der Waals surface area contributed by atoms with Crippen LogP contribution in [0, 0.1) is 6.92 Å². The smallest absolute Gasteiger partial charge is 0.249 e. The maximum atomic E-state index is 12.2. The van der Waals surface area contributed by atoms with E-state index in [2.05, 4.69) is 16.0 Å². The molecule has 4 N–H and O–H groups in total. The third kappa shape index (κ3) is 4.50. The van der Waals surface area contributed by atoms with Gasteiger partial charge in [-0.1, -0.05) is 23.7 Å². The maximum Gasteiger partial charge on any atom is 0.249 e. The number of amides is 2. The standard InChI is InChI=1S/C22H21ClN4O3S/c1-12-2-4-15(9-17(12)23)25-22(31)24-10-13-3-5-16-14(8-13)11-27(21(16)30)18-6-7-19(28)26-20(18)29/h2-5,8-9,11,18,30H,6-7,10H2,1H3,(H2,24,25,31)(H,26,28,29). The molecule has 160 valence electrons. The van der Waals surface area contributed by atoms with Crippen LogP contribution in [0.15, 0.2) is 42.6 Å². The summed E-state index contributed by atoms with van der Waals surface area (Å²) in [6.45, 7) is 2.41. The number of anilines is 1. The van der Waals surface area contributed by atoms with Crippen molar-refractivity contribution in [2.75, 3.05) is 5.32 Å². The Balaban J connectivity index is 1.45. The Kier molecular flexibility index (Phi) is 5.84. The summed E-state index contributed by atoms with van der Waals surface area (Å²) in [4.78, 5) is 23.6. The van der Waals surface area contributed by atoms with Gasteiger partial charge in [-0.3, -0.25) is 14.9 Å². The highest BCUT2D eigenvalue weighted by Crippen LogP contribution is 2.33. The van der Waals surface area contributed by atoms with Crippen LogP contribution in [0.1, 0.15) is 30.0 Å². The molecule has 0 spiro atoms. The Labute approximate surface area is 189 Å². The summed E-state index contributed by atoms with van der Waals surface area (Å²) in [5.41, 5.74) is 2.75. The van der Waals surface area contributed by atoms with Crippen molar-refractivity contribution >= 4 is 57.2 Å². The third-order valence-corrected chi connectivity index (χ3v) is 5.96. The van der Waals surface area contributed by atoms with Gasteiger partial charge < -0.3 is 20.3 Å². The number of aromatic nitrogens is 1. The molecule has 0 aliphatic carbocycles. The number of halogens is 1. The number of thiocarbonyl (C=S) groups is 1. The van der Waals surface area contributed by atoms with Gasteiger partial charge in [-0.25, -0.2) is 0 Å². The zero-order chi connectivity index (χ0) is 22.1. The Morgan fingerprint density at radius 1 is 1.29 bits per heavy atom. The number of nitrogens with zero attached hydrogens (tertiary/aromatic N) is 1. The predicted octanol–water partition coefficient (Wildman–Crippen LogP) is 3.77. The first-order valence-electron chi connectivity index (χ1n) is 9.79. The normalized spacial score (nSPS) is 16.3. The number of piperidine rings is 1. The van der Waals surface area contributed by atoms with E-state index in [-0.39, 0.29) is 18.2 Å². The summed E-state index contributed by atoms with van der Waals surface area (Å²) in [6, 6.07) is 10.6. The summed E-state index contributed by atoms with van der Waals surface area (Å²) in [6.07, 6.45) is 2.34. The number of aromatic hydroxyl groups is 1. The lowest BCUT2D eigenvalue weighted by Crippen LogP contribution is -2.41. The monoisotopic (exact) mass is 456 g/mol. The molecule has 2 aromatic carbocycles. The first kappa shape index (κ1) is 21.1. The molecule has 0 saturated carbocycles. The average molecular weight is 457 g/mol. The summed E-state index contributed by atoms with van der Waals surface area (Å²) >= 11 is 11.5. The van der Waals surface area contributed by atoms with Gasteiger partial charge in [-0.15, -0.1) is 0 Å². The van der Waals surface area contributed by atoms with E-state index < -0.39 is 11.9 Å². The average Bonchev–Trinajstić information content (AvgIpc) is 3.05. The van der Waals surface area contributed by atoms with E-state index in [1.807, 2.05) is 37.3 Å². The van der Waals surface area contributed by atoms with Crippen molar-refractivity contribution in [3.05, 3.63) is 58.7 Å². The molecule has 0 radical (unpaired) electrons. The zero-order valence-corrected chi connectivity index (χ0v) is 18.3. The van der Waals surface area contributed by atoms with Gasteiger partial charge in [0.2, 0.25) is 11.8 Å². The molecule has 9 heteroatoms. The fourth-order valence-electron chi connectivity index (χ4n) is 3.60. The van der Waals surface area contributed by atoms with Gasteiger partial charge in [0.1, 0.15) is 6.04 Å². The Morgan fingerprint density at radius 3 is 2.84 bits per heavy atom. The molecule has 4 rings (SSSR count). The van der Waals surface area contributed by atoms with Crippen LogP contribution in [0.3, 0.4) is 0 Å². The molecule has 1 saturated heterocycles. The van der Waals surface area contributed by atoms with Crippen molar-refractivity contribution in [3.8, 4) is 5.88 Å². The van der Waals surface area contributed by atoms with E-state index in [4.69, 9.17) is 23.8 Å². The van der Waals surface area contributed by atoms with Crippen molar-refractivity contribution < 1.29 is 14.7 Å². The number of rotatable bonds is 4. The first-order valence-corrected chi connectivity index (χ1v) is 10.6. The zero-order valence-electron chi connectivity index (χ0n) is 16.7. The highest BCUT2D eigenvalue weighted by molar-refractivity contribution is 7.80. The number of aryl methyl sites for hydroxylation is 1. The van der Waals surface area contributed by atoms with Gasteiger partial charge in [0, 0.05) is 40.6 Å². The van der Waals surface area contributed by atoms with Crippen LogP contribution in [-0.2, 0) is 16.1 Å². The number of nitrogens with one attached hydrogen (secondary N) is 3. The van der Waals surface area contributed by atoms with Gasteiger partial charge in [0.25, 0.3) is 0 Å². The molecule has 2 amide bonds. The minimum Gasteiger partial charge on any atom is -0.494 e. The Morgan fingerprint density at radius 2 is 2.10 bits per heavy atom. The third-order valence-electron chi connectivity index (χ3n) is 5.31. The Bertz CT molecular complexity index is 1210. The minimum atomic E-state index is -0.607. The number of fused-ring (bicyclic) bond motifs is 1. The Hall–Kier alpha value is -3.10. The summed E-state index contributed by atoms with van der Waals surface area (Å²) in [5, 5.41) is 21.7. The molecule has 1 aliphatic heterocycles. The predicted molar refractivity (Wildman–Crippen MR) is 124 cm³/mol. The van der Waals surface area contributed by atoms with E-state index in [9.17, 15) is 14.7 Å². The highest BCUT2D eigenvalue weighted by atomic mass is 35.5. The van der Waals surface area contributed by atoms with Crippen LogP contribution in [0.2, 0.25) is 5.02 Å². The molecule has 31 heavy (non-hydrogen) atoms. The molecule has 1 aromatic heterocycles. The van der Waals surface area contributed by atoms with E-state index in [1.54, 1.807) is 12.3 Å². The van der Waals surface area contributed by atoms with Crippen LogP contribution in [0.5, 0.6) is 5.88 Å². The molecule has 3 aromatic rings. The van der Waals surface area contributed by atoms with Crippen molar-refractivity contribution in [2.24, 2.45) is 0 Å². The number of imide groups is 1. The molecule has 1 fully saturated rings. The molecule has 1 aliphatic rings. The second-order valence-electron chi connectivity index (χ2n) is 7.52. The topological polar surface area (TPSA) is 95.4 Å². The summed E-state index contributed by atoms with van der Waals surface area (Å²) < 4.78 is 1.52. The lowest BCUT2D eigenvalue weighted by atomic mass is 10.1. The van der Waals surface area contributed by atoms with Gasteiger partial charge in [-0.2, -0.15) is 0 Å². The van der Waals surface area contributed by atoms with Gasteiger partial charge >= 0.3 is 0 Å². The minimum absolute atomic E-state index is 0.0115. The SMILES string of the molecule is Cc1ccc(NC(=S)NCc2ccc3c(O)n(C4CCC(=O)NC4=O)cc3c2)cc1Cl. The van der Waals surface area contributed by atoms with Crippen molar-refractivity contribution in [1.82, 2.24) is 15.2 Å². The van der Waals surface area contributed by atoms with Gasteiger partial charge in [0.05, 0.1) is 0 Å². The molecule has 1 unspecified atom stereocenters. The van der Waals surface area contributed by atoms with Gasteiger partial charge in [-0.05, 0) is 61.0 Å². The highest BCUT2D eigenvalue weighted by Gasteiger charge is 2.29. The van der Waals surface area contributed by atoms with E-state index >= 15 is 0 Å². The summed E-state index contributed by atoms with van der Waals surface area (Å²) in [5.74, 6) is -0.679. The molecule has 7 nitrogen and oxygen atoms in total. The first-order chi connectivity index (χ1) is 14.8. The number of hydrogen-bond acceptors (Lipinski definition) is 4. The number of benzene rings is 2. The van der Waals surface area contributed by atoms with E-state index in [0.29, 0.717) is 28.5 Å². The number of carbonyl (C=O) groups excluding carboxylic acids is 2. The van der Waals surface area contributed by atoms with Crippen LogP contribution in [0.25, 0.3) is 10.8 Å². The molecule has 2 heterocycles. The van der Waals surface area contributed by atoms with Crippen LogP contribution >= 0.6 is 23.8 Å². The largest absolute Gasteiger partial charge is 0.494 e. The second kappa shape index (κ2) is 8.56. The van der Waals surface area contributed by atoms with Crippen molar-refractivity contribution in [3.63, 3.8) is 0 Å². The fraction of sp³-hybridized carbons (Fsp3) is 0.227. The number of hydrogen-bond donors (Lipinski definition) is 4.